The van der Waals surface area contributed by atoms with Gasteiger partial charge in [0.2, 0.25) is 0 Å². The molecule has 12 atom stereocenters. The van der Waals surface area contributed by atoms with E-state index >= 15 is 0 Å². The fraction of sp³-hybridized carbons (Fsp3) is 0.800. The minimum atomic E-state index is -1.04. The molecule has 9 heteroatoms. The number of methoxy groups -OCH3 is 3. The number of carbonyl (C=O) groups excluding carboxylic acids is 1. The van der Waals surface area contributed by atoms with Crippen LogP contribution in [0.1, 0.15) is 13.8 Å². The molecule has 2 aliphatic heterocycles. The van der Waals surface area contributed by atoms with Crippen LogP contribution in [0.5, 0.6) is 0 Å². The van der Waals surface area contributed by atoms with Crippen LogP contribution < -0.4 is 0 Å². The molecule has 192 valence electrons. The van der Waals surface area contributed by atoms with Gasteiger partial charge in [0.15, 0.2) is 0 Å². The van der Waals surface area contributed by atoms with Crippen LogP contribution >= 0.6 is 0 Å². The Morgan fingerprint density at radius 1 is 1.09 bits per heavy atom. The molecule has 34 heavy (non-hydrogen) atoms. The number of aliphatic hydroxyl groups is 3. The van der Waals surface area contributed by atoms with Gasteiger partial charge in [-0.3, -0.25) is 4.79 Å². The molecule has 1 saturated carbocycles. The number of carbonyl (C=O) groups is 1. The standard InChI is InChI=1S/C25H38O9/c1-12-8-13(2)25-17(15(9-30-3)24(29)33-22(12)18(26)11-32-5)7-6-14-19(25)20(27)16(10-31-4)21(28)23(14)34-25/h6-8,12,14-23,26-28H,9-11H2,1-5H3/t12?,14-,15?,16?,17-,18?,19?,20?,21-,22?,23+,25?/m1/s1. The zero-order valence-electron chi connectivity index (χ0n) is 20.5. The van der Waals surface area contributed by atoms with Crippen molar-refractivity contribution < 1.29 is 43.8 Å². The zero-order chi connectivity index (χ0) is 24.8. The third-order valence-electron chi connectivity index (χ3n) is 8.30. The van der Waals surface area contributed by atoms with Crippen LogP contribution in [0.2, 0.25) is 0 Å². The molecule has 9 nitrogen and oxygen atoms in total. The number of aliphatic hydroxyl groups excluding tert-OH is 3. The fourth-order valence-corrected chi connectivity index (χ4v) is 6.87. The first kappa shape index (κ1) is 25.8. The second-order valence-electron chi connectivity index (χ2n) is 10.2. The van der Waals surface area contributed by atoms with Gasteiger partial charge in [0, 0.05) is 50.9 Å². The number of hydrogen-bond acceptors (Lipinski definition) is 9. The molecule has 0 aromatic rings. The molecule has 2 fully saturated rings. The molecular weight excluding hydrogens is 444 g/mol. The smallest absolute Gasteiger partial charge is 0.312 e. The van der Waals surface area contributed by atoms with Crippen LogP contribution in [-0.4, -0.2) is 98.6 Å². The maximum Gasteiger partial charge on any atom is 0.312 e. The molecule has 0 aromatic carbocycles. The highest BCUT2D eigenvalue weighted by Crippen LogP contribution is 2.61. The average molecular weight is 483 g/mol. The summed E-state index contributed by atoms with van der Waals surface area (Å²) in [7, 11) is 4.54. The van der Waals surface area contributed by atoms with Crippen molar-refractivity contribution in [2.75, 3.05) is 41.2 Å². The monoisotopic (exact) mass is 482 g/mol. The predicted molar refractivity (Wildman–Crippen MR) is 121 cm³/mol. The summed E-state index contributed by atoms with van der Waals surface area (Å²) in [5.41, 5.74) is -0.199. The van der Waals surface area contributed by atoms with Crippen molar-refractivity contribution >= 4 is 5.97 Å². The number of hydrogen-bond donors (Lipinski definition) is 3. The Balaban J connectivity index is 1.85. The van der Waals surface area contributed by atoms with Gasteiger partial charge in [-0.2, -0.15) is 0 Å². The summed E-state index contributed by atoms with van der Waals surface area (Å²) in [4.78, 5) is 13.5. The average Bonchev–Trinajstić information content (AvgIpc) is 3.00. The first-order chi connectivity index (χ1) is 16.2. The maximum absolute atomic E-state index is 13.5. The van der Waals surface area contributed by atoms with Crippen molar-refractivity contribution in [3.8, 4) is 0 Å². The molecule has 0 radical (unpaired) electrons. The van der Waals surface area contributed by atoms with Crippen LogP contribution in [0.15, 0.2) is 23.8 Å². The number of cyclic esters (lactones) is 1. The minimum Gasteiger partial charge on any atom is -0.459 e. The van der Waals surface area contributed by atoms with Gasteiger partial charge in [-0.1, -0.05) is 25.2 Å². The van der Waals surface area contributed by atoms with Gasteiger partial charge in [0.05, 0.1) is 44.1 Å². The molecule has 0 amide bonds. The first-order valence-corrected chi connectivity index (χ1v) is 12.0. The van der Waals surface area contributed by atoms with Crippen molar-refractivity contribution in [3.05, 3.63) is 23.8 Å². The van der Waals surface area contributed by atoms with Gasteiger partial charge < -0.3 is 39.0 Å². The van der Waals surface area contributed by atoms with Gasteiger partial charge in [-0.05, 0) is 12.5 Å². The summed E-state index contributed by atoms with van der Waals surface area (Å²) in [6.45, 7) is 4.11. The zero-order valence-corrected chi connectivity index (χ0v) is 20.5. The molecule has 4 rings (SSSR count). The van der Waals surface area contributed by atoms with Crippen LogP contribution in [0.25, 0.3) is 0 Å². The van der Waals surface area contributed by atoms with Crippen molar-refractivity contribution in [2.45, 2.75) is 50.0 Å². The third kappa shape index (κ3) is 3.86. The van der Waals surface area contributed by atoms with E-state index in [0.29, 0.717) is 0 Å². The SMILES string of the molecule is COCC(O)C1OC(=O)C(COC)[C@H]2C=C[C@@H]3C4C(O)C(COC)[C@@H](O)[C@H]3OC42C(C)=CC1C. The topological polar surface area (TPSA) is 124 Å². The minimum absolute atomic E-state index is 0.0193. The van der Waals surface area contributed by atoms with E-state index in [2.05, 4.69) is 0 Å². The van der Waals surface area contributed by atoms with Gasteiger partial charge in [0.1, 0.15) is 17.8 Å². The first-order valence-electron chi connectivity index (χ1n) is 12.0. The lowest BCUT2D eigenvalue weighted by atomic mass is 9.56. The lowest BCUT2D eigenvalue weighted by molar-refractivity contribution is -0.173. The summed E-state index contributed by atoms with van der Waals surface area (Å²) >= 11 is 0. The quantitative estimate of drug-likeness (QED) is 0.348. The molecule has 3 N–H and O–H groups in total. The van der Waals surface area contributed by atoms with Crippen LogP contribution in [0, 0.1) is 35.5 Å². The highest BCUT2D eigenvalue weighted by atomic mass is 16.6. The van der Waals surface area contributed by atoms with E-state index in [1.807, 2.05) is 32.1 Å². The Morgan fingerprint density at radius 2 is 1.79 bits per heavy atom. The van der Waals surface area contributed by atoms with E-state index in [1.54, 1.807) is 7.11 Å². The summed E-state index contributed by atoms with van der Waals surface area (Å²) in [5.74, 6) is -3.18. The Bertz CT molecular complexity index is 812. The molecule has 4 bridgehead atoms. The Morgan fingerprint density at radius 3 is 2.44 bits per heavy atom. The van der Waals surface area contributed by atoms with Crippen molar-refractivity contribution in [3.63, 3.8) is 0 Å². The molecular formula is C25H38O9. The molecule has 8 unspecified atom stereocenters. The Labute approximate surface area is 200 Å². The highest BCUT2D eigenvalue weighted by molar-refractivity contribution is 5.74. The Kier molecular flexibility index (Phi) is 7.55. The van der Waals surface area contributed by atoms with Gasteiger partial charge in [-0.15, -0.1) is 0 Å². The lowest BCUT2D eigenvalue weighted by Crippen LogP contribution is -2.59. The number of esters is 1. The van der Waals surface area contributed by atoms with E-state index in [0.717, 1.165) is 5.57 Å². The summed E-state index contributed by atoms with van der Waals surface area (Å²) in [5, 5.41) is 33.3. The van der Waals surface area contributed by atoms with E-state index in [1.165, 1.54) is 14.2 Å². The molecule has 1 spiro atoms. The van der Waals surface area contributed by atoms with E-state index < -0.39 is 59.8 Å². The Hall–Kier alpha value is -1.33. The third-order valence-corrected chi connectivity index (χ3v) is 8.30. The summed E-state index contributed by atoms with van der Waals surface area (Å²) < 4.78 is 28.5. The van der Waals surface area contributed by atoms with Crippen LogP contribution in [0.3, 0.4) is 0 Å². The fourth-order valence-electron chi connectivity index (χ4n) is 6.87. The predicted octanol–water partition coefficient (Wildman–Crippen LogP) is 0.318. The van der Waals surface area contributed by atoms with E-state index in [4.69, 9.17) is 23.7 Å². The maximum atomic E-state index is 13.5. The van der Waals surface area contributed by atoms with Gasteiger partial charge >= 0.3 is 5.97 Å². The lowest BCUT2D eigenvalue weighted by Gasteiger charge is -2.49. The van der Waals surface area contributed by atoms with Crippen LogP contribution in [0.4, 0.5) is 0 Å². The molecule has 4 aliphatic rings. The number of rotatable bonds is 7. The van der Waals surface area contributed by atoms with E-state index in [9.17, 15) is 20.1 Å². The van der Waals surface area contributed by atoms with Crippen molar-refractivity contribution in [1.29, 1.82) is 0 Å². The largest absolute Gasteiger partial charge is 0.459 e. The second-order valence-corrected chi connectivity index (χ2v) is 10.2. The summed E-state index contributed by atoms with van der Waals surface area (Å²) in [6.07, 6.45) is 1.68. The van der Waals surface area contributed by atoms with E-state index in [-0.39, 0.29) is 37.6 Å². The molecule has 2 heterocycles. The summed E-state index contributed by atoms with van der Waals surface area (Å²) in [6, 6.07) is 0. The molecule has 1 saturated heterocycles. The van der Waals surface area contributed by atoms with Crippen molar-refractivity contribution in [1.82, 2.24) is 0 Å². The normalized spacial score (nSPS) is 46.6. The molecule has 0 aromatic heterocycles. The second kappa shape index (κ2) is 9.97. The highest BCUT2D eigenvalue weighted by Gasteiger charge is 2.70. The number of ether oxygens (including phenoxy) is 5. The van der Waals surface area contributed by atoms with Crippen LogP contribution in [-0.2, 0) is 28.5 Å². The van der Waals surface area contributed by atoms with Gasteiger partial charge in [-0.25, -0.2) is 0 Å². The van der Waals surface area contributed by atoms with Gasteiger partial charge in [0.25, 0.3) is 0 Å². The molecule has 2 aliphatic carbocycles. The van der Waals surface area contributed by atoms with Crippen molar-refractivity contribution in [2.24, 2.45) is 35.5 Å².